The third-order valence-corrected chi connectivity index (χ3v) is 3.25. The summed E-state index contributed by atoms with van der Waals surface area (Å²) in [7, 11) is 1.65. The van der Waals surface area contributed by atoms with Crippen LogP contribution in [0.3, 0.4) is 0 Å². The van der Waals surface area contributed by atoms with Gasteiger partial charge < -0.3 is 4.74 Å². The molecule has 86 valence electrons. The predicted molar refractivity (Wildman–Crippen MR) is 65.4 cm³/mol. The molecule has 0 aliphatic heterocycles. The molecule has 2 aromatic heterocycles. The number of hydrogen-bond donors (Lipinski definition) is 0. The summed E-state index contributed by atoms with van der Waals surface area (Å²) < 4.78 is 6.89. The molecule has 0 N–H and O–H groups in total. The highest BCUT2D eigenvalue weighted by molar-refractivity contribution is 7.16. The van der Waals surface area contributed by atoms with Gasteiger partial charge >= 0.3 is 0 Å². The van der Waals surface area contributed by atoms with Crippen molar-refractivity contribution in [3.8, 4) is 17.1 Å². The van der Waals surface area contributed by atoms with Crippen LogP contribution in [0.25, 0.3) is 16.3 Å². The van der Waals surface area contributed by atoms with E-state index in [-0.39, 0.29) is 0 Å². The Hall–Kier alpha value is -1.95. The van der Waals surface area contributed by atoms with Gasteiger partial charge in [-0.3, -0.25) is 0 Å². The van der Waals surface area contributed by atoms with Crippen LogP contribution in [0.1, 0.15) is 5.01 Å². The van der Waals surface area contributed by atoms with Gasteiger partial charge in [-0.1, -0.05) is 11.3 Å². The van der Waals surface area contributed by atoms with Gasteiger partial charge in [-0.2, -0.15) is 9.61 Å². The number of fused-ring (bicyclic) bond motifs is 1. The van der Waals surface area contributed by atoms with E-state index in [4.69, 9.17) is 4.74 Å². The topological polar surface area (TPSA) is 52.3 Å². The summed E-state index contributed by atoms with van der Waals surface area (Å²) in [6.07, 6.45) is 0. The standard InChI is InChI=1S/C11H10N4OS/c1-7-14-15-10(12-13-11(15)17-7)8-3-5-9(16-2)6-4-8/h3-6H,1-2H3. The molecule has 0 unspecified atom stereocenters. The molecule has 3 aromatic rings. The van der Waals surface area contributed by atoms with Crippen LogP contribution in [-0.4, -0.2) is 26.9 Å². The fourth-order valence-electron chi connectivity index (χ4n) is 1.63. The Balaban J connectivity index is 2.12. The molecule has 6 heteroatoms. The molecule has 0 saturated heterocycles. The van der Waals surface area contributed by atoms with E-state index in [0.717, 1.165) is 27.1 Å². The van der Waals surface area contributed by atoms with Crippen molar-refractivity contribution in [1.82, 2.24) is 19.8 Å². The van der Waals surface area contributed by atoms with Crippen molar-refractivity contribution in [2.45, 2.75) is 6.92 Å². The first-order valence-corrected chi connectivity index (χ1v) is 5.93. The molecular weight excluding hydrogens is 236 g/mol. The second-order valence-corrected chi connectivity index (χ2v) is 4.73. The third-order valence-electron chi connectivity index (χ3n) is 2.44. The molecule has 0 aliphatic rings. The largest absolute Gasteiger partial charge is 0.497 e. The van der Waals surface area contributed by atoms with Crippen LogP contribution in [-0.2, 0) is 0 Å². The number of rotatable bonds is 2. The Morgan fingerprint density at radius 2 is 1.94 bits per heavy atom. The SMILES string of the molecule is COc1ccc(-c2nnc3sc(C)nn23)cc1. The van der Waals surface area contributed by atoms with Crippen LogP contribution in [0.2, 0.25) is 0 Å². The second kappa shape index (κ2) is 3.81. The number of aromatic nitrogens is 4. The Bertz CT molecular complexity index is 656. The quantitative estimate of drug-likeness (QED) is 0.695. The number of ether oxygens (including phenoxy) is 1. The molecule has 0 aliphatic carbocycles. The molecule has 0 radical (unpaired) electrons. The van der Waals surface area contributed by atoms with Gasteiger partial charge in [0.05, 0.1) is 7.11 Å². The lowest BCUT2D eigenvalue weighted by atomic mass is 10.2. The second-order valence-electron chi connectivity index (χ2n) is 3.57. The molecule has 5 nitrogen and oxygen atoms in total. The highest BCUT2D eigenvalue weighted by atomic mass is 32.1. The van der Waals surface area contributed by atoms with Crippen molar-refractivity contribution >= 4 is 16.3 Å². The number of methoxy groups -OCH3 is 1. The van der Waals surface area contributed by atoms with Gasteiger partial charge in [0.1, 0.15) is 10.8 Å². The van der Waals surface area contributed by atoms with Gasteiger partial charge in [-0.15, -0.1) is 10.2 Å². The van der Waals surface area contributed by atoms with Gasteiger partial charge in [0, 0.05) is 5.56 Å². The predicted octanol–water partition coefficient (Wildman–Crippen LogP) is 2.17. The molecular formula is C11H10N4OS. The summed E-state index contributed by atoms with van der Waals surface area (Å²) in [5.74, 6) is 1.58. The molecule has 2 heterocycles. The van der Waals surface area contributed by atoms with Gasteiger partial charge in [0.2, 0.25) is 4.96 Å². The van der Waals surface area contributed by atoms with E-state index in [1.54, 1.807) is 11.6 Å². The highest BCUT2D eigenvalue weighted by Gasteiger charge is 2.11. The number of benzene rings is 1. The fourth-order valence-corrected chi connectivity index (χ4v) is 2.31. The summed E-state index contributed by atoms with van der Waals surface area (Å²) in [6.45, 7) is 1.96. The lowest BCUT2D eigenvalue weighted by molar-refractivity contribution is 0.415. The Kier molecular flexibility index (Phi) is 2.29. The maximum atomic E-state index is 5.12. The maximum Gasteiger partial charge on any atom is 0.234 e. The van der Waals surface area contributed by atoms with Gasteiger partial charge in [0.25, 0.3) is 0 Å². The summed E-state index contributed by atoms with van der Waals surface area (Å²) in [5, 5.41) is 13.6. The first-order valence-electron chi connectivity index (χ1n) is 5.11. The molecule has 0 atom stereocenters. The van der Waals surface area contributed by atoms with E-state index < -0.39 is 0 Å². The smallest absolute Gasteiger partial charge is 0.234 e. The van der Waals surface area contributed by atoms with E-state index in [9.17, 15) is 0 Å². The van der Waals surface area contributed by atoms with Gasteiger partial charge in [-0.25, -0.2) is 0 Å². The van der Waals surface area contributed by atoms with E-state index in [0.29, 0.717) is 0 Å². The third kappa shape index (κ3) is 1.66. The van der Waals surface area contributed by atoms with E-state index in [2.05, 4.69) is 15.3 Å². The highest BCUT2D eigenvalue weighted by Crippen LogP contribution is 2.23. The lowest BCUT2D eigenvalue weighted by Crippen LogP contribution is -1.91. The Morgan fingerprint density at radius 1 is 1.18 bits per heavy atom. The van der Waals surface area contributed by atoms with E-state index in [1.165, 1.54) is 11.3 Å². The molecule has 0 spiro atoms. The van der Waals surface area contributed by atoms with Crippen molar-refractivity contribution < 1.29 is 4.74 Å². The van der Waals surface area contributed by atoms with Crippen LogP contribution in [0.5, 0.6) is 5.75 Å². The first kappa shape index (κ1) is 10.2. The van der Waals surface area contributed by atoms with Crippen LogP contribution in [0.15, 0.2) is 24.3 Å². The van der Waals surface area contributed by atoms with Gasteiger partial charge in [0.15, 0.2) is 5.82 Å². The summed E-state index contributed by atoms with van der Waals surface area (Å²) in [6, 6.07) is 7.69. The van der Waals surface area contributed by atoms with Gasteiger partial charge in [-0.05, 0) is 31.2 Å². The van der Waals surface area contributed by atoms with Crippen LogP contribution in [0.4, 0.5) is 0 Å². The van der Waals surface area contributed by atoms with Crippen molar-refractivity contribution in [2.75, 3.05) is 7.11 Å². The average Bonchev–Trinajstić information content (AvgIpc) is 2.88. The molecule has 0 saturated carbocycles. The first-order chi connectivity index (χ1) is 8.28. The summed E-state index contributed by atoms with van der Waals surface area (Å²) >= 11 is 1.53. The minimum atomic E-state index is 0.756. The molecule has 17 heavy (non-hydrogen) atoms. The summed E-state index contributed by atoms with van der Waals surface area (Å²) in [5.41, 5.74) is 0.976. The number of nitrogens with zero attached hydrogens (tertiary/aromatic N) is 4. The van der Waals surface area contributed by atoms with Crippen molar-refractivity contribution in [2.24, 2.45) is 0 Å². The van der Waals surface area contributed by atoms with Crippen molar-refractivity contribution in [3.05, 3.63) is 29.3 Å². The zero-order chi connectivity index (χ0) is 11.8. The van der Waals surface area contributed by atoms with E-state index in [1.807, 2.05) is 31.2 Å². The minimum absolute atomic E-state index is 0.756. The molecule has 1 aromatic carbocycles. The minimum Gasteiger partial charge on any atom is -0.497 e. The fraction of sp³-hybridized carbons (Fsp3) is 0.182. The Labute approximate surface area is 102 Å². The lowest BCUT2D eigenvalue weighted by Gasteiger charge is -2.00. The molecule has 3 rings (SSSR count). The van der Waals surface area contributed by atoms with Crippen LogP contribution in [0, 0.1) is 6.92 Å². The van der Waals surface area contributed by atoms with Crippen LogP contribution < -0.4 is 4.74 Å². The monoisotopic (exact) mass is 246 g/mol. The zero-order valence-electron chi connectivity index (χ0n) is 9.41. The molecule has 0 amide bonds. The average molecular weight is 246 g/mol. The molecule has 0 fully saturated rings. The maximum absolute atomic E-state index is 5.12. The number of aryl methyl sites for hydroxylation is 1. The Morgan fingerprint density at radius 3 is 2.65 bits per heavy atom. The summed E-state index contributed by atoms with van der Waals surface area (Å²) in [4.78, 5) is 0.813. The van der Waals surface area contributed by atoms with Crippen molar-refractivity contribution in [1.29, 1.82) is 0 Å². The normalized spacial score (nSPS) is 10.9. The molecule has 0 bridgehead atoms. The van der Waals surface area contributed by atoms with E-state index >= 15 is 0 Å². The van der Waals surface area contributed by atoms with Crippen LogP contribution >= 0.6 is 11.3 Å². The van der Waals surface area contributed by atoms with Crippen molar-refractivity contribution in [3.63, 3.8) is 0 Å². The number of hydrogen-bond acceptors (Lipinski definition) is 5. The zero-order valence-corrected chi connectivity index (χ0v) is 10.2.